The molecule has 1 amide bonds. The van der Waals surface area contributed by atoms with Crippen LogP contribution in [0.4, 0.5) is 4.39 Å². The van der Waals surface area contributed by atoms with Crippen LogP contribution < -0.4 is 20.3 Å². The number of benzene rings is 2. The van der Waals surface area contributed by atoms with E-state index in [4.69, 9.17) is 9.47 Å². The van der Waals surface area contributed by atoms with Gasteiger partial charge in [0.25, 0.3) is 5.56 Å². The highest BCUT2D eigenvalue weighted by Crippen LogP contribution is 2.28. The Morgan fingerprint density at radius 3 is 2.52 bits per heavy atom. The topological polar surface area (TPSA) is 99.7 Å². The first-order valence-corrected chi connectivity index (χ1v) is 13.5. The van der Waals surface area contributed by atoms with E-state index in [2.05, 4.69) is 15.4 Å². The van der Waals surface area contributed by atoms with E-state index in [9.17, 15) is 14.0 Å². The molecule has 0 atom stereocenters. The molecule has 0 fully saturated rings. The molecule has 0 aliphatic carbocycles. The summed E-state index contributed by atoms with van der Waals surface area (Å²) in [4.78, 5) is 31.6. The van der Waals surface area contributed by atoms with Crippen LogP contribution in [0.5, 0.6) is 11.5 Å². The molecular weight excluding hydrogens is 533 g/mol. The Morgan fingerprint density at radius 1 is 1.05 bits per heavy atom. The minimum Gasteiger partial charge on any atom is -0.493 e. The van der Waals surface area contributed by atoms with Crippen molar-refractivity contribution in [3.8, 4) is 28.4 Å². The number of methoxy groups -OCH3 is 2. The van der Waals surface area contributed by atoms with Crippen molar-refractivity contribution >= 4 is 22.2 Å². The van der Waals surface area contributed by atoms with Crippen LogP contribution in [0.3, 0.4) is 0 Å². The SMILES string of the molecule is COc1ccc(CCNC(=O)Cc2csc3nc(C)c(-c4cc(C)n(-c5ccc(F)cc5)n4)c(=O)n23)cc1OC. The lowest BCUT2D eigenvalue weighted by Crippen LogP contribution is -2.29. The average Bonchev–Trinajstić information content (AvgIpc) is 3.51. The Morgan fingerprint density at radius 2 is 1.80 bits per heavy atom. The molecule has 0 bridgehead atoms. The van der Waals surface area contributed by atoms with Gasteiger partial charge in [-0.1, -0.05) is 6.07 Å². The summed E-state index contributed by atoms with van der Waals surface area (Å²) in [7, 11) is 3.16. The van der Waals surface area contributed by atoms with Gasteiger partial charge in [-0.25, -0.2) is 14.1 Å². The molecule has 5 rings (SSSR count). The Labute approximate surface area is 233 Å². The standard InChI is InChI=1S/C29H28FN5O4S/c1-17-13-23(33-35(17)21-8-6-20(30)7-9-21)27-18(2)32-29-34(28(27)37)22(16-40-29)15-26(36)31-12-11-19-5-10-24(38-3)25(14-19)39-4/h5-10,13-14,16H,11-12,15H2,1-4H3,(H,31,36). The van der Waals surface area contributed by atoms with E-state index >= 15 is 0 Å². The molecule has 0 aliphatic rings. The molecule has 5 aromatic rings. The van der Waals surface area contributed by atoms with E-state index in [1.165, 1.54) is 27.9 Å². The van der Waals surface area contributed by atoms with Gasteiger partial charge in [-0.15, -0.1) is 11.3 Å². The van der Waals surface area contributed by atoms with Crippen molar-refractivity contribution < 1.29 is 18.7 Å². The Balaban J connectivity index is 1.35. The van der Waals surface area contributed by atoms with Crippen LogP contribution >= 0.6 is 11.3 Å². The van der Waals surface area contributed by atoms with Crippen LogP contribution in [0.2, 0.25) is 0 Å². The minimum atomic E-state index is -0.340. The second-order valence-electron chi connectivity index (χ2n) is 9.25. The van der Waals surface area contributed by atoms with Crippen LogP contribution in [-0.4, -0.2) is 45.8 Å². The number of amides is 1. The molecule has 0 saturated heterocycles. The minimum absolute atomic E-state index is 0.0269. The van der Waals surface area contributed by atoms with Crippen LogP contribution in [0, 0.1) is 19.7 Å². The van der Waals surface area contributed by atoms with Crippen LogP contribution in [0.1, 0.15) is 22.6 Å². The number of carbonyl (C=O) groups excluding carboxylic acids is 1. The summed E-state index contributed by atoms with van der Waals surface area (Å²) in [5.74, 6) is 0.732. The number of nitrogens with one attached hydrogen (secondary N) is 1. The van der Waals surface area contributed by atoms with E-state index in [1.54, 1.807) is 49.4 Å². The average molecular weight is 562 g/mol. The first-order chi connectivity index (χ1) is 19.3. The maximum absolute atomic E-state index is 13.7. The molecule has 2 aromatic carbocycles. The van der Waals surface area contributed by atoms with E-state index in [1.807, 2.05) is 25.1 Å². The monoisotopic (exact) mass is 561 g/mol. The first-order valence-electron chi connectivity index (χ1n) is 12.6. The Kier molecular flexibility index (Phi) is 7.65. The van der Waals surface area contributed by atoms with E-state index < -0.39 is 0 Å². The van der Waals surface area contributed by atoms with Gasteiger partial charge in [0.1, 0.15) is 11.5 Å². The number of carbonyl (C=O) groups is 1. The Bertz CT molecular complexity index is 1760. The van der Waals surface area contributed by atoms with Crippen LogP contribution in [0.15, 0.2) is 58.7 Å². The van der Waals surface area contributed by atoms with Crippen molar-refractivity contribution in [3.63, 3.8) is 0 Å². The smallest absolute Gasteiger partial charge is 0.268 e. The lowest BCUT2D eigenvalue weighted by molar-refractivity contribution is -0.120. The van der Waals surface area contributed by atoms with Gasteiger partial charge in [-0.05, 0) is 68.3 Å². The number of hydrogen-bond donors (Lipinski definition) is 1. The zero-order valence-electron chi connectivity index (χ0n) is 22.5. The predicted molar refractivity (Wildman–Crippen MR) is 151 cm³/mol. The summed E-state index contributed by atoms with van der Waals surface area (Å²) < 4.78 is 27.2. The third-order valence-electron chi connectivity index (χ3n) is 6.56. The molecule has 1 N–H and O–H groups in total. The van der Waals surface area contributed by atoms with Gasteiger partial charge in [0.15, 0.2) is 16.5 Å². The molecule has 9 nitrogen and oxygen atoms in total. The van der Waals surface area contributed by atoms with E-state index in [0.29, 0.717) is 57.8 Å². The molecule has 206 valence electrons. The van der Waals surface area contributed by atoms with E-state index in [-0.39, 0.29) is 23.7 Å². The van der Waals surface area contributed by atoms with Crippen molar-refractivity contribution in [1.82, 2.24) is 24.5 Å². The molecule has 0 unspecified atom stereocenters. The highest BCUT2D eigenvalue weighted by atomic mass is 32.1. The van der Waals surface area contributed by atoms with Gasteiger partial charge in [-0.3, -0.25) is 14.0 Å². The van der Waals surface area contributed by atoms with Crippen molar-refractivity contribution in [2.24, 2.45) is 0 Å². The molecule has 3 aromatic heterocycles. The number of hydrogen-bond acceptors (Lipinski definition) is 7. The molecule has 0 saturated carbocycles. The summed E-state index contributed by atoms with van der Waals surface area (Å²) in [6, 6.07) is 13.4. The summed E-state index contributed by atoms with van der Waals surface area (Å²) in [6.07, 6.45) is 0.635. The van der Waals surface area contributed by atoms with Crippen molar-refractivity contribution in [2.45, 2.75) is 26.7 Å². The number of nitrogens with zero attached hydrogens (tertiary/aromatic N) is 4. The second-order valence-corrected chi connectivity index (χ2v) is 10.1. The number of halogens is 1. The van der Waals surface area contributed by atoms with Gasteiger partial charge < -0.3 is 14.8 Å². The largest absolute Gasteiger partial charge is 0.493 e. The fourth-order valence-electron chi connectivity index (χ4n) is 4.57. The fraction of sp³-hybridized carbons (Fsp3) is 0.241. The van der Waals surface area contributed by atoms with Gasteiger partial charge in [-0.2, -0.15) is 5.10 Å². The Hall–Kier alpha value is -4.51. The maximum Gasteiger partial charge on any atom is 0.268 e. The normalized spacial score (nSPS) is 11.1. The summed E-state index contributed by atoms with van der Waals surface area (Å²) in [6.45, 7) is 4.05. The number of thiazole rings is 1. The second kappa shape index (κ2) is 11.3. The first kappa shape index (κ1) is 27.1. The number of aromatic nitrogens is 4. The lowest BCUT2D eigenvalue weighted by Gasteiger charge is -2.10. The van der Waals surface area contributed by atoms with Gasteiger partial charge in [0, 0.05) is 23.3 Å². The summed E-state index contributed by atoms with van der Waals surface area (Å²) in [5, 5.41) is 9.33. The van der Waals surface area contributed by atoms with Crippen LogP contribution in [-0.2, 0) is 17.6 Å². The van der Waals surface area contributed by atoms with Gasteiger partial charge in [0.2, 0.25) is 5.91 Å². The maximum atomic E-state index is 13.7. The zero-order valence-corrected chi connectivity index (χ0v) is 23.3. The third-order valence-corrected chi connectivity index (χ3v) is 7.44. The zero-order chi connectivity index (χ0) is 28.4. The molecule has 11 heteroatoms. The fourth-order valence-corrected chi connectivity index (χ4v) is 5.50. The molecule has 0 aliphatic heterocycles. The number of fused-ring (bicyclic) bond motifs is 1. The molecule has 40 heavy (non-hydrogen) atoms. The summed E-state index contributed by atoms with van der Waals surface area (Å²) >= 11 is 1.31. The molecule has 0 spiro atoms. The van der Waals surface area contributed by atoms with Crippen molar-refractivity contribution in [3.05, 3.63) is 92.7 Å². The number of ether oxygens (including phenoxy) is 2. The third kappa shape index (κ3) is 5.32. The predicted octanol–water partition coefficient (Wildman–Crippen LogP) is 4.28. The lowest BCUT2D eigenvalue weighted by atomic mass is 10.1. The molecular formula is C29H28FN5O4S. The molecule has 3 heterocycles. The van der Waals surface area contributed by atoms with E-state index in [0.717, 1.165) is 11.3 Å². The summed E-state index contributed by atoms with van der Waals surface area (Å²) in [5.41, 5.74) is 4.08. The van der Waals surface area contributed by atoms with Gasteiger partial charge in [0.05, 0.1) is 37.6 Å². The number of aryl methyl sites for hydroxylation is 2. The highest BCUT2D eigenvalue weighted by molar-refractivity contribution is 7.15. The molecule has 0 radical (unpaired) electrons. The highest BCUT2D eigenvalue weighted by Gasteiger charge is 2.20. The number of rotatable bonds is 9. The van der Waals surface area contributed by atoms with Crippen molar-refractivity contribution in [2.75, 3.05) is 20.8 Å². The quantitative estimate of drug-likeness (QED) is 0.288. The van der Waals surface area contributed by atoms with Crippen LogP contribution in [0.25, 0.3) is 21.9 Å². The van der Waals surface area contributed by atoms with Crippen molar-refractivity contribution in [1.29, 1.82) is 0 Å². The van der Waals surface area contributed by atoms with Gasteiger partial charge >= 0.3 is 0 Å².